The molecule has 6 nitrogen and oxygen atoms in total. The fourth-order valence-electron chi connectivity index (χ4n) is 1.53. The van der Waals surface area contributed by atoms with Crippen LogP contribution in [0.4, 0.5) is 0 Å². The molecule has 2 amide bonds. The first-order valence-corrected chi connectivity index (χ1v) is 6.35. The van der Waals surface area contributed by atoms with Crippen LogP contribution in [0.1, 0.15) is 35.7 Å². The van der Waals surface area contributed by atoms with E-state index >= 15 is 0 Å². The summed E-state index contributed by atoms with van der Waals surface area (Å²) < 4.78 is 4.70. The normalized spacial score (nSPS) is 9.70. The van der Waals surface area contributed by atoms with Gasteiger partial charge in [0.25, 0.3) is 5.91 Å². The number of ether oxygens (including phenoxy) is 1. The summed E-state index contributed by atoms with van der Waals surface area (Å²) in [5.41, 5.74) is 5.86. The van der Waals surface area contributed by atoms with Crippen LogP contribution < -0.4 is 10.9 Å². The monoisotopic (exact) mass is 278 g/mol. The van der Waals surface area contributed by atoms with Crippen LogP contribution in [0.3, 0.4) is 0 Å². The molecular weight excluding hydrogens is 260 g/mol. The first-order valence-electron chi connectivity index (χ1n) is 6.35. The number of aryl methyl sites for hydroxylation is 1. The number of hydrogen-bond donors (Lipinski definition) is 2. The minimum absolute atomic E-state index is 0.0140. The van der Waals surface area contributed by atoms with Crippen molar-refractivity contribution in [3.8, 4) is 0 Å². The number of benzene rings is 1. The van der Waals surface area contributed by atoms with Gasteiger partial charge >= 0.3 is 5.97 Å². The first-order chi connectivity index (χ1) is 9.54. The molecule has 0 aliphatic carbocycles. The number of nitrogens with one attached hydrogen (secondary N) is 2. The number of amides is 2. The molecule has 0 heterocycles. The number of esters is 1. The molecule has 0 fully saturated rings. The van der Waals surface area contributed by atoms with Crippen LogP contribution in [0, 0.1) is 6.92 Å². The molecule has 0 bridgehead atoms. The van der Waals surface area contributed by atoms with Gasteiger partial charge < -0.3 is 4.74 Å². The molecule has 1 aromatic rings. The Hall–Kier alpha value is -2.37. The number of hydrazine groups is 1. The van der Waals surface area contributed by atoms with Crippen molar-refractivity contribution in [3.63, 3.8) is 0 Å². The number of rotatable bonds is 5. The van der Waals surface area contributed by atoms with Gasteiger partial charge in [0.1, 0.15) is 0 Å². The molecule has 2 N–H and O–H groups in total. The molecule has 0 unspecified atom stereocenters. The van der Waals surface area contributed by atoms with Gasteiger partial charge in [-0.1, -0.05) is 18.2 Å². The van der Waals surface area contributed by atoms with Gasteiger partial charge in [-0.05, 0) is 25.5 Å². The molecule has 1 rings (SSSR count). The minimum Gasteiger partial charge on any atom is -0.466 e. The van der Waals surface area contributed by atoms with E-state index in [1.54, 1.807) is 32.0 Å². The average molecular weight is 278 g/mol. The lowest BCUT2D eigenvalue weighted by molar-refractivity contribution is -0.144. The Morgan fingerprint density at radius 3 is 2.45 bits per heavy atom. The molecule has 0 atom stereocenters. The van der Waals surface area contributed by atoms with Crippen LogP contribution in [-0.4, -0.2) is 24.4 Å². The highest BCUT2D eigenvalue weighted by Crippen LogP contribution is 2.05. The van der Waals surface area contributed by atoms with E-state index in [2.05, 4.69) is 10.9 Å². The minimum atomic E-state index is -0.444. The van der Waals surface area contributed by atoms with E-state index in [-0.39, 0.29) is 19.4 Å². The van der Waals surface area contributed by atoms with Gasteiger partial charge in [0, 0.05) is 12.0 Å². The van der Waals surface area contributed by atoms with Gasteiger partial charge in [0.15, 0.2) is 0 Å². The molecule has 0 spiro atoms. The highest BCUT2D eigenvalue weighted by Gasteiger charge is 2.10. The van der Waals surface area contributed by atoms with Crippen LogP contribution in [-0.2, 0) is 14.3 Å². The molecule has 0 radical (unpaired) electrons. The molecule has 0 aliphatic heterocycles. The van der Waals surface area contributed by atoms with E-state index < -0.39 is 17.8 Å². The smallest absolute Gasteiger partial charge is 0.306 e. The highest BCUT2D eigenvalue weighted by molar-refractivity contribution is 5.96. The van der Waals surface area contributed by atoms with Crippen LogP contribution in [0.15, 0.2) is 24.3 Å². The van der Waals surface area contributed by atoms with Crippen molar-refractivity contribution in [2.75, 3.05) is 6.61 Å². The van der Waals surface area contributed by atoms with Crippen LogP contribution in [0.5, 0.6) is 0 Å². The Morgan fingerprint density at radius 1 is 1.10 bits per heavy atom. The molecule has 20 heavy (non-hydrogen) atoms. The zero-order chi connectivity index (χ0) is 15.0. The summed E-state index contributed by atoms with van der Waals surface area (Å²) in [5.74, 6) is -1.28. The molecule has 0 aliphatic rings. The van der Waals surface area contributed by atoms with Crippen molar-refractivity contribution in [2.45, 2.75) is 26.7 Å². The van der Waals surface area contributed by atoms with Gasteiger partial charge in [-0.3, -0.25) is 25.2 Å². The quantitative estimate of drug-likeness (QED) is 0.624. The molecule has 1 aromatic carbocycles. The highest BCUT2D eigenvalue weighted by atomic mass is 16.5. The standard InChI is InChI=1S/C14H18N2O4/c1-3-20-13(18)9-8-12(17)15-16-14(19)11-7-5-4-6-10(11)2/h4-7H,3,8-9H2,1-2H3,(H,15,17)(H,16,19). The lowest BCUT2D eigenvalue weighted by Crippen LogP contribution is -2.42. The fourth-order valence-corrected chi connectivity index (χ4v) is 1.53. The molecule has 0 saturated carbocycles. The van der Waals surface area contributed by atoms with Gasteiger partial charge in [-0.15, -0.1) is 0 Å². The predicted octanol–water partition coefficient (Wildman–Crippen LogP) is 1.10. The Labute approximate surface area is 117 Å². The molecule has 6 heteroatoms. The van der Waals surface area contributed by atoms with E-state index in [0.29, 0.717) is 5.56 Å². The Balaban J connectivity index is 2.36. The Morgan fingerprint density at radius 2 is 1.80 bits per heavy atom. The molecule has 0 saturated heterocycles. The lowest BCUT2D eigenvalue weighted by Gasteiger charge is -2.08. The van der Waals surface area contributed by atoms with Gasteiger partial charge in [0.2, 0.25) is 5.91 Å². The summed E-state index contributed by atoms with van der Waals surface area (Å²) >= 11 is 0. The van der Waals surface area contributed by atoms with Crippen molar-refractivity contribution in [1.82, 2.24) is 10.9 Å². The predicted molar refractivity (Wildman–Crippen MR) is 72.7 cm³/mol. The van der Waals surface area contributed by atoms with E-state index in [1.165, 1.54) is 0 Å². The maximum Gasteiger partial charge on any atom is 0.306 e. The van der Waals surface area contributed by atoms with E-state index in [0.717, 1.165) is 5.56 Å². The topological polar surface area (TPSA) is 84.5 Å². The Bertz CT molecular complexity index is 500. The summed E-state index contributed by atoms with van der Waals surface area (Å²) in [6, 6.07) is 7.03. The second-order valence-corrected chi connectivity index (χ2v) is 4.12. The van der Waals surface area contributed by atoms with Crippen molar-refractivity contribution in [3.05, 3.63) is 35.4 Å². The summed E-state index contributed by atoms with van der Waals surface area (Å²) in [4.78, 5) is 34.3. The van der Waals surface area contributed by atoms with Crippen molar-refractivity contribution < 1.29 is 19.1 Å². The van der Waals surface area contributed by atoms with E-state index in [1.807, 2.05) is 6.07 Å². The third-order valence-corrected chi connectivity index (χ3v) is 2.57. The first kappa shape index (κ1) is 15.7. The molecule has 0 aromatic heterocycles. The average Bonchev–Trinajstić information content (AvgIpc) is 2.43. The zero-order valence-electron chi connectivity index (χ0n) is 11.6. The molecular formula is C14H18N2O4. The van der Waals surface area contributed by atoms with Gasteiger partial charge in [-0.2, -0.15) is 0 Å². The third kappa shape index (κ3) is 5.09. The summed E-state index contributed by atoms with van der Waals surface area (Å²) in [7, 11) is 0. The molecule has 108 valence electrons. The van der Waals surface area contributed by atoms with Crippen molar-refractivity contribution >= 4 is 17.8 Å². The summed E-state index contributed by atoms with van der Waals surface area (Å²) in [6.07, 6.45) is -0.0488. The maximum atomic E-state index is 11.8. The Kier molecular flexibility index (Phi) is 6.22. The van der Waals surface area contributed by atoms with E-state index in [4.69, 9.17) is 4.74 Å². The third-order valence-electron chi connectivity index (χ3n) is 2.57. The number of carbonyl (C=O) groups excluding carboxylic acids is 3. The zero-order valence-corrected chi connectivity index (χ0v) is 11.6. The summed E-state index contributed by atoms with van der Waals surface area (Å²) in [6.45, 7) is 3.78. The van der Waals surface area contributed by atoms with Crippen molar-refractivity contribution in [2.24, 2.45) is 0 Å². The van der Waals surface area contributed by atoms with Gasteiger partial charge in [-0.25, -0.2) is 0 Å². The van der Waals surface area contributed by atoms with Gasteiger partial charge in [0.05, 0.1) is 13.0 Å². The maximum absolute atomic E-state index is 11.8. The lowest BCUT2D eigenvalue weighted by atomic mass is 10.1. The SMILES string of the molecule is CCOC(=O)CCC(=O)NNC(=O)c1ccccc1C. The second-order valence-electron chi connectivity index (χ2n) is 4.12. The largest absolute Gasteiger partial charge is 0.466 e. The van der Waals surface area contributed by atoms with Crippen molar-refractivity contribution in [1.29, 1.82) is 0 Å². The van der Waals surface area contributed by atoms with Crippen LogP contribution in [0.25, 0.3) is 0 Å². The number of carbonyl (C=O) groups is 3. The summed E-state index contributed by atoms with van der Waals surface area (Å²) in [5, 5.41) is 0. The number of hydrogen-bond acceptors (Lipinski definition) is 4. The van der Waals surface area contributed by atoms with Crippen LogP contribution >= 0.6 is 0 Å². The fraction of sp³-hybridized carbons (Fsp3) is 0.357. The second kappa shape index (κ2) is 7.93. The van der Waals surface area contributed by atoms with E-state index in [9.17, 15) is 14.4 Å². The van der Waals surface area contributed by atoms with Crippen LogP contribution in [0.2, 0.25) is 0 Å².